The summed E-state index contributed by atoms with van der Waals surface area (Å²) in [6.45, 7) is 1.62. The van der Waals surface area contributed by atoms with Crippen LogP contribution in [-0.2, 0) is 11.3 Å². The smallest absolute Gasteiger partial charge is 0.265 e. The number of carbonyl (C=O) groups excluding carboxylic acids is 2. The number of ketones is 1. The maximum absolute atomic E-state index is 12.4. The second-order valence-corrected chi connectivity index (χ2v) is 6.24. The third kappa shape index (κ3) is 2.82. The van der Waals surface area contributed by atoms with Gasteiger partial charge in [0, 0.05) is 18.0 Å². The van der Waals surface area contributed by atoms with E-state index in [4.69, 9.17) is 9.84 Å². The van der Waals surface area contributed by atoms with Crippen molar-refractivity contribution in [1.82, 2.24) is 9.38 Å². The Balaban J connectivity index is 1.71. The number of Topliss-reactive ketones (excluding diaryl/α,β-unsaturated/α-hetero) is 1. The molecule has 1 N–H and O–H groups in total. The zero-order valence-electron chi connectivity index (χ0n) is 14.2. The van der Waals surface area contributed by atoms with E-state index in [0.717, 1.165) is 16.9 Å². The average Bonchev–Trinajstić information content (AvgIpc) is 3.04. The molecule has 4 rings (SSSR count). The molecule has 1 amide bonds. The van der Waals surface area contributed by atoms with Gasteiger partial charge in [-0.3, -0.25) is 14.5 Å². The molecule has 1 aliphatic rings. The minimum absolute atomic E-state index is 0.0627. The van der Waals surface area contributed by atoms with E-state index >= 15 is 0 Å². The lowest BCUT2D eigenvalue weighted by atomic mass is 10.1. The van der Waals surface area contributed by atoms with Crippen LogP contribution in [0.3, 0.4) is 0 Å². The highest BCUT2D eigenvalue weighted by Crippen LogP contribution is 2.34. The number of hydrogen-bond acceptors (Lipinski definition) is 5. The number of benzene rings is 1. The molecule has 0 atom stereocenters. The van der Waals surface area contributed by atoms with Gasteiger partial charge in [-0.2, -0.15) is 0 Å². The third-order valence-electron chi connectivity index (χ3n) is 4.34. The second kappa shape index (κ2) is 6.27. The first-order chi connectivity index (χ1) is 12.5. The Hall–Kier alpha value is -3.19. The van der Waals surface area contributed by atoms with E-state index in [9.17, 15) is 9.59 Å². The fourth-order valence-electron chi connectivity index (χ4n) is 3.03. The standard InChI is InChI=1S/C19H17N3O4/c1-12-2-5-18-20-14(8-21(18)7-12)9-22-15-6-13(16(24)10-23)3-4-17(15)26-11-19(22)25/h2-8,23H,9-11H2,1H3. The molecular weight excluding hydrogens is 334 g/mol. The van der Waals surface area contributed by atoms with Crippen LogP contribution in [0.5, 0.6) is 5.75 Å². The lowest BCUT2D eigenvalue weighted by Crippen LogP contribution is -2.38. The molecule has 0 saturated carbocycles. The van der Waals surface area contributed by atoms with Gasteiger partial charge in [0.05, 0.1) is 17.9 Å². The number of aliphatic hydroxyl groups is 1. The first-order valence-electron chi connectivity index (χ1n) is 8.20. The first kappa shape index (κ1) is 16.3. The van der Waals surface area contributed by atoms with Gasteiger partial charge in [0.25, 0.3) is 5.91 Å². The number of aryl methyl sites for hydroxylation is 1. The zero-order chi connectivity index (χ0) is 18.3. The summed E-state index contributed by atoms with van der Waals surface area (Å²) >= 11 is 0. The molecule has 0 aliphatic carbocycles. The highest BCUT2D eigenvalue weighted by molar-refractivity contribution is 6.02. The van der Waals surface area contributed by atoms with Crippen LogP contribution in [0, 0.1) is 6.92 Å². The molecule has 1 aromatic carbocycles. The molecule has 26 heavy (non-hydrogen) atoms. The number of hydrogen-bond donors (Lipinski definition) is 1. The van der Waals surface area contributed by atoms with Gasteiger partial charge in [0.2, 0.25) is 0 Å². The van der Waals surface area contributed by atoms with Gasteiger partial charge < -0.3 is 14.2 Å². The van der Waals surface area contributed by atoms with Gasteiger partial charge in [0.15, 0.2) is 12.4 Å². The lowest BCUT2D eigenvalue weighted by Gasteiger charge is -2.29. The number of aliphatic hydroxyl groups excluding tert-OH is 1. The van der Waals surface area contributed by atoms with E-state index in [2.05, 4.69) is 4.98 Å². The maximum Gasteiger partial charge on any atom is 0.265 e. The molecule has 0 unspecified atom stereocenters. The Morgan fingerprint density at radius 1 is 1.27 bits per heavy atom. The fourth-order valence-corrected chi connectivity index (χ4v) is 3.03. The van der Waals surface area contributed by atoms with Gasteiger partial charge in [-0.25, -0.2) is 4.98 Å². The van der Waals surface area contributed by atoms with E-state index in [1.807, 2.05) is 35.9 Å². The number of aromatic nitrogens is 2. The molecule has 0 bridgehead atoms. The van der Waals surface area contributed by atoms with Crippen molar-refractivity contribution in [2.75, 3.05) is 18.1 Å². The molecule has 3 aromatic rings. The molecule has 7 nitrogen and oxygen atoms in total. The van der Waals surface area contributed by atoms with Gasteiger partial charge in [-0.05, 0) is 36.8 Å². The Labute approximate surface area is 149 Å². The number of ether oxygens (including phenoxy) is 1. The molecular formula is C19H17N3O4. The van der Waals surface area contributed by atoms with Crippen molar-refractivity contribution in [3.05, 3.63) is 59.5 Å². The molecule has 1 aliphatic heterocycles. The van der Waals surface area contributed by atoms with E-state index in [0.29, 0.717) is 17.0 Å². The Morgan fingerprint density at radius 2 is 2.12 bits per heavy atom. The van der Waals surface area contributed by atoms with Crippen molar-refractivity contribution in [3.8, 4) is 5.75 Å². The van der Waals surface area contributed by atoms with E-state index in [1.165, 1.54) is 0 Å². The summed E-state index contributed by atoms with van der Waals surface area (Å²) < 4.78 is 7.37. The van der Waals surface area contributed by atoms with Gasteiger partial charge in [0.1, 0.15) is 18.0 Å². The van der Waals surface area contributed by atoms with Crippen molar-refractivity contribution in [2.24, 2.45) is 0 Å². The molecule has 0 radical (unpaired) electrons. The van der Waals surface area contributed by atoms with Crippen LogP contribution in [0.15, 0.2) is 42.7 Å². The summed E-state index contributed by atoms with van der Waals surface area (Å²) in [4.78, 5) is 30.3. The van der Waals surface area contributed by atoms with Gasteiger partial charge in [-0.1, -0.05) is 6.07 Å². The quantitative estimate of drug-likeness (QED) is 0.724. The SMILES string of the molecule is Cc1ccc2nc(CN3C(=O)COc4ccc(C(=O)CO)cc43)cn2c1. The first-order valence-corrected chi connectivity index (χ1v) is 8.20. The minimum Gasteiger partial charge on any atom is -0.482 e. The zero-order valence-corrected chi connectivity index (χ0v) is 14.2. The summed E-state index contributed by atoms with van der Waals surface area (Å²) in [5.41, 5.74) is 3.49. The Kier molecular flexibility index (Phi) is 3.93. The number of pyridine rings is 1. The largest absolute Gasteiger partial charge is 0.482 e. The van der Waals surface area contributed by atoms with Crippen molar-refractivity contribution in [2.45, 2.75) is 13.5 Å². The highest BCUT2D eigenvalue weighted by Gasteiger charge is 2.27. The fraction of sp³-hybridized carbons (Fsp3) is 0.211. The van der Waals surface area contributed by atoms with Crippen molar-refractivity contribution in [3.63, 3.8) is 0 Å². The monoisotopic (exact) mass is 351 g/mol. The predicted molar refractivity (Wildman–Crippen MR) is 94.5 cm³/mol. The number of anilines is 1. The summed E-state index contributed by atoms with van der Waals surface area (Å²) in [7, 11) is 0. The lowest BCUT2D eigenvalue weighted by molar-refractivity contribution is -0.121. The van der Waals surface area contributed by atoms with Crippen molar-refractivity contribution < 1.29 is 19.4 Å². The number of carbonyl (C=O) groups is 2. The van der Waals surface area contributed by atoms with Crippen molar-refractivity contribution >= 4 is 23.0 Å². The minimum atomic E-state index is -0.584. The van der Waals surface area contributed by atoms with Gasteiger partial charge in [-0.15, -0.1) is 0 Å². The normalized spacial score (nSPS) is 13.6. The van der Waals surface area contributed by atoms with Crippen LogP contribution in [0.1, 0.15) is 21.6 Å². The molecule has 0 spiro atoms. The maximum atomic E-state index is 12.4. The molecule has 3 heterocycles. The molecule has 7 heteroatoms. The summed E-state index contributed by atoms with van der Waals surface area (Å²) in [5.74, 6) is -0.0907. The molecule has 0 fully saturated rings. The van der Waals surface area contributed by atoms with Crippen LogP contribution in [0.25, 0.3) is 5.65 Å². The number of rotatable bonds is 4. The van der Waals surface area contributed by atoms with Crippen molar-refractivity contribution in [1.29, 1.82) is 0 Å². The number of fused-ring (bicyclic) bond motifs is 2. The van der Waals surface area contributed by atoms with E-state index in [1.54, 1.807) is 23.1 Å². The van der Waals surface area contributed by atoms with E-state index in [-0.39, 0.29) is 19.1 Å². The summed E-state index contributed by atoms with van der Waals surface area (Å²) in [5, 5.41) is 9.07. The summed E-state index contributed by atoms with van der Waals surface area (Å²) in [6.07, 6.45) is 3.85. The highest BCUT2D eigenvalue weighted by atomic mass is 16.5. The average molecular weight is 351 g/mol. The molecule has 132 valence electrons. The third-order valence-corrected chi connectivity index (χ3v) is 4.34. The topological polar surface area (TPSA) is 84.1 Å². The Bertz CT molecular complexity index is 1020. The summed E-state index contributed by atoms with van der Waals surface area (Å²) in [6, 6.07) is 8.70. The van der Waals surface area contributed by atoms with Crippen LogP contribution in [0.2, 0.25) is 0 Å². The second-order valence-electron chi connectivity index (χ2n) is 6.24. The van der Waals surface area contributed by atoms with Crippen LogP contribution in [-0.4, -0.2) is 39.4 Å². The number of amides is 1. The number of imidazole rings is 1. The van der Waals surface area contributed by atoms with Crippen LogP contribution < -0.4 is 9.64 Å². The van der Waals surface area contributed by atoms with Crippen LogP contribution in [0.4, 0.5) is 5.69 Å². The van der Waals surface area contributed by atoms with Crippen LogP contribution >= 0.6 is 0 Å². The molecule has 0 saturated heterocycles. The van der Waals surface area contributed by atoms with Gasteiger partial charge >= 0.3 is 0 Å². The predicted octanol–water partition coefficient (Wildman–Crippen LogP) is 1.74. The molecule has 2 aromatic heterocycles. The number of nitrogens with zero attached hydrogens (tertiary/aromatic N) is 3. The van der Waals surface area contributed by atoms with E-state index < -0.39 is 12.4 Å². The Morgan fingerprint density at radius 3 is 2.92 bits per heavy atom.